The molecule has 0 fully saturated rings. The highest BCUT2D eigenvalue weighted by Gasteiger charge is 2.15. The molecule has 8 heteroatoms. The van der Waals surface area contributed by atoms with E-state index in [1.165, 1.54) is 28.5 Å². The molecular formula is C13H16F2N4OS. The van der Waals surface area contributed by atoms with Gasteiger partial charge in [0, 0.05) is 30.0 Å². The van der Waals surface area contributed by atoms with Crippen molar-refractivity contribution in [1.29, 1.82) is 0 Å². The largest absolute Gasteiger partial charge is 0.343 e. The molecule has 0 aliphatic carbocycles. The fourth-order valence-electron chi connectivity index (χ4n) is 1.89. The quantitative estimate of drug-likeness (QED) is 0.800. The van der Waals surface area contributed by atoms with Crippen LogP contribution in [0.1, 0.15) is 24.9 Å². The maximum Gasteiger partial charge on any atom is 0.343 e. The number of nitrogens with two attached hydrogens (primary N) is 1. The fraction of sp³-hybridized carbons (Fsp3) is 0.385. The predicted octanol–water partition coefficient (Wildman–Crippen LogP) is 2.05. The van der Waals surface area contributed by atoms with E-state index in [-0.39, 0.29) is 11.3 Å². The number of H-pyrrole nitrogens is 1. The Balaban J connectivity index is 2.07. The molecule has 0 aliphatic rings. The zero-order valence-corrected chi connectivity index (χ0v) is 12.3. The molecule has 1 aromatic carbocycles. The molecule has 0 aliphatic heterocycles. The molecule has 0 amide bonds. The number of halogens is 2. The van der Waals surface area contributed by atoms with Gasteiger partial charge in [0.05, 0.1) is 0 Å². The summed E-state index contributed by atoms with van der Waals surface area (Å²) in [4.78, 5) is 11.5. The summed E-state index contributed by atoms with van der Waals surface area (Å²) in [7, 11) is 0. The Morgan fingerprint density at radius 2 is 2.24 bits per heavy atom. The highest BCUT2D eigenvalue weighted by molar-refractivity contribution is 7.99. The second-order valence-electron chi connectivity index (χ2n) is 4.55. The lowest BCUT2D eigenvalue weighted by atomic mass is 10.1. The minimum Gasteiger partial charge on any atom is -0.323 e. The van der Waals surface area contributed by atoms with Gasteiger partial charge in [-0.25, -0.2) is 18.7 Å². The molecule has 1 atom stereocenters. The lowest BCUT2D eigenvalue weighted by Crippen LogP contribution is -2.18. The van der Waals surface area contributed by atoms with Gasteiger partial charge in [-0.15, -0.1) is 5.10 Å². The molecule has 0 saturated heterocycles. The fourth-order valence-corrected chi connectivity index (χ4v) is 2.84. The van der Waals surface area contributed by atoms with Gasteiger partial charge in [-0.3, -0.25) is 4.57 Å². The van der Waals surface area contributed by atoms with Crippen LogP contribution in [-0.2, 0) is 6.54 Å². The first kappa shape index (κ1) is 15.7. The van der Waals surface area contributed by atoms with Gasteiger partial charge in [-0.1, -0.05) is 24.8 Å². The molecule has 0 saturated carbocycles. The van der Waals surface area contributed by atoms with Gasteiger partial charge >= 0.3 is 5.69 Å². The van der Waals surface area contributed by atoms with Crippen molar-refractivity contribution in [1.82, 2.24) is 14.8 Å². The number of rotatable bonds is 6. The van der Waals surface area contributed by atoms with Crippen molar-refractivity contribution in [3.63, 3.8) is 0 Å². The molecule has 114 valence electrons. The molecule has 5 nitrogen and oxygen atoms in total. The van der Waals surface area contributed by atoms with Gasteiger partial charge in [0.15, 0.2) is 5.16 Å². The van der Waals surface area contributed by atoms with Crippen LogP contribution in [-0.4, -0.2) is 20.5 Å². The third-order valence-electron chi connectivity index (χ3n) is 2.92. The van der Waals surface area contributed by atoms with E-state index in [2.05, 4.69) is 10.2 Å². The van der Waals surface area contributed by atoms with Crippen LogP contribution in [0.2, 0.25) is 0 Å². The second kappa shape index (κ2) is 6.86. The standard InChI is InChI=1S/C13H16F2N4OS/c1-2-5-19-12(20)17-18-13(19)21-7-11(16)9-4-3-8(14)6-10(9)15/h3-4,6,11H,2,5,7,16H2,1H3,(H,17,20). The van der Waals surface area contributed by atoms with E-state index in [0.29, 0.717) is 17.5 Å². The first-order valence-corrected chi connectivity index (χ1v) is 7.50. The van der Waals surface area contributed by atoms with E-state index in [9.17, 15) is 13.6 Å². The molecule has 2 aromatic rings. The van der Waals surface area contributed by atoms with Gasteiger partial charge < -0.3 is 5.73 Å². The molecular weight excluding hydrogens is 298 g/mol. The van der Waals surface area contributed by atoms with Crippen molar-refractivity contribution >= 4 is 11.8 Å². The van der Waals surface area contributed by atoms with E-state index >= 15 is 0 Å². The lowest BCUT2D eigenvalue weighted by Gasteiger charge is -2.12. The lowest BCUT2D eigenvalue weighted by molar-refractivity contribution is 0.563. The van der Waals surface area contributed by atoms with Gasteiger partial charge in [0.25, 0.3) is 0 Å². The Labute approximate surface area is 124 Å². The van der Waals surface area contributed by atoms with Crippen LogP contribution in [0, 0.1) is 11.6 Å². The van der Waals surface area contributed by atoms with Crippen LogP contribution in [0.25, 0.3) is 0 Å². The molecule has 1 aromatic heterocycles. The zero-order chi connectivity index (χ0) is 15.4. The van der Waals surface area contributed by atoms with Crippen LogP contribution in [0.4, 0.5) is 8.78 Å². The van der Waals surface area contributed by atoms with Crippen molar-refractivity contribution in [3.8, 4) is 0 Å². The number of hydrogen-bond acceptors (Lipinski definition) is 4. The average molecular weight is 314 g/mol. The minimum atomic E-state index is -0.670. The number of hydrogen-bond donors (Lipinski definition) is 2. The molecule has 1 heterocycles. The van der Waals surface area contributed by atoms with Crippen molar-refractivity contribution in [2.75, 3.05) is 5.75 Å². The number of nitrogens with one attached hydrogen (secondary N) is 1. The number of benzene rings is 1. The molecule has 21 heavy (non-hydrogen) atoms. The molecule has 1 unspecified atom stereocenters. The predicted molar refractivity (Wildman–Crippen MR) is 77.1 cm³/mol. The molecule has 0 bridgehead atoms. The summed E-state index contributed by atoms with van der Waals surface area (Å²) in [5, 5.41) is 6.81. The third-order valence-corrected chi connectivity index (χ3v) is 4.02. The summed E-state index contributed by atoms with van der Waals surface area (Å²) in [6, 6.07) is 2.70. The summed E-state index contributed by atoms with van der Waals surface area (Å²) in [6.45, 7) is 2.51. The highest BCUT2D eigenvalue weighted by atomic mass is 32.2. The summed E-state index contributed by atoms with van der Waals surface area (Å²) in [6.07, 6.45) is 0.797. The number of aromatic amines is 1. The Bertz CT molecular complexity index is 670. The highest BCUT2D eigenvalue weighted by Crippen LogP contribution is 2.23. The Morgan fingerprint density at radius 1 is 1.48 bits per heavy atom. The Hall–Kier alpha value is -1.67. The van der Waals surface area contributed by atoms with E-state index in [1.807, 2.05) is 6.92 Å². The number of thioether (sulfide) groups is 1. The van der Waals surface area contributed by atoms with Crippen molar-refractivity contribution < 1.29 is 8.78 Å². The topological polar surface area (TPSA) is 76.7 Å². The first-order valence-electron chi connectivity index (χ1n) is 6.51. The maximum absolute atomic E-state index is 13.6. The summed E-state index contributed by atoms with van der Waals surface area (Å²) in [5.41, 5.74) is 5.88. The summed E-state index contributed by atoms with van der Waals surface area (Å²) < 4.78 is 28.0. The summed E-state index contributed by atoms with van der Waals surface area (Å²) >= 11 is 1.26. The van der Waals surface area contributed by atoms with E-state index in [0.717, 1.165) is 12.5 Å². The first-order chi connectivity index (χ1) is 10.0. The second-order valence-corrected chi connectivity index (χ2v) is 5.53. The van der Waals surface area contributed by atoms with E-state index < -0.39 is 17.7 Å². The van der Waals surface area contributed by atoms with Crippen molar-refractivity contribution in [3.05, 3.63) is 45.9 Å². The Morgan fingerprint density at radius 3 is 2.90 bits per heavy atom. The van der Waals surface area contributed by atoms with Crippen LogP contribution >= 0.6 is 11.8 Å². The normalized spacial score (nSPS) is 12.6. The van der Waals surface area contributed by atoms with E-state index in [1.54, 1.807) is 0 Å². The van der Waals surface area contributed by atoms with Gasteiger partial charge in [-0.2, -0.15) is 0 Å². The van der Waals surface area contributed by atoms with Crippen LogP contribution in [0.15, 0.2) is 28.2 Å². The average Bonchev–Trinajstić information content (AvgIpc) is 2.78. The molecule has 0 radical (unpaired) electrons. The summed E-state index contributed by atoms with van der Waals surface area (Å²) in [5.74, 6) is -0.979. The Kier molecular flexibility index (Phi) is 5.13. The monoisotopic (exact) mass is 314 g/mol. The van der Waals surface area contributed by atoms with Crippen LogP contribution < -0.4 is 11.4 Å². The third kappa shape index (κ3) is 3.70. The van der Waals surface area contributed by atoms with Crippen molar-refractivity contribution in [2.45, 2.75) is 31.1 Å². The van der Waals surface area contributed by atoms with Gasteiger partial charge in [0.2, 0.25) is 0 Å². The van der Waals surface area contributed by atoms with Crippen LogP contribution in [0.5, 0.6) is 0 Å². The smallest absolute Gasteiger partial charge is 0.323 e. The molecule has 0 spiro atoms. The van der Waals surface area contributed by atoms with Crippen molar-refractivity contribution in [2.24, 2.45) is 5.73 Å². The molecule has 3 N–H and O–H groups in total. The zero-order valence-electron chi connectivity index (χ0n) is 11.5. The number of aromatic nitrogens is 3. The SMILES string of the molecule is CCCn1c(SCC(N)c2ccc(F)cc2F)n[nH]c1=O. The number of nitrogens with zero attached hydrogens (tertiary/aromatic N) is 2. The minimum absolute atomic E-state index is 0.240. The van der Waals surface area contributed by atoms with E-state index in [4.69, 9.17) is 5.73 Å². The molecule has 2 rings (SSSR count). The van der Waals surface area contributed by atoms with Gasteiger partial charge in [-0.05, 0) is 12.5 Å². The van der Waals surface area contributed by atoms with Crippen LogP contribution in [0.3, 0.4) is 0 Å². The maximum atomic E-state index is 13.6. The van der Waals surface area contributed by atoms with Gasteiger partial charge in [0.1, 0.15) is 11.6 Å².